The fourth-order valence-electron chi connectivity index (χ4n) is 4.16. The van der Waals surface area contributed by atoms with E-state index in [0.29, 0.717) is 5.76 Å². The number of rotatable bonds is 6. The van der Waals surface area contributed by atoms with Crippen LogP contribution >= 0.6 is 18.2 Å². The van der Waals surface area contributed by atoms with Gasteiger partial charge in [-0.3, -0.25) is 4.79 Å². The molecule has 0 spiro atoms. The Morgan fingerprint density at radius 1 is 0.625 bits per heavy atom. The third kappa shape index (κ3) is 3.50. The van der Waals surface area contributed by atoms with E-state index in [1.54, 1.807) is 29.7 Å². The number of hydrogen-bond acceptors (Lipinski definition) is 3. The lowest BCUT2D eigenvalue weighted by Crippen LogP contribution is -2.33. The van der Waals surface area contributed by atoms with Crippen LogP contribution in [0.1, 0.15) is 15.4 Å². The van der Waals surface area contributed by atoms with Crippen molar-refractivity contribution in [3.63, 3.8) is 0 Å². The lowest BCUT2D eigenvalue weighted by molar-refractivity contribution is 0.104. The van der Waals surface area contributed by atoms with Gasteiger partial charge in [-0.2, -0.15) is 0 Å². The zero-order chi connectivity index (χ0) is 21.8. The van der Waals surface area contributed by atoms with Gasteiger partial charge in [0.05, 0.1) is 11.6 Å². The van der Waals surface area contributed by atoms with Crippen LogP contribution in [-0.4, -0.2) is 11.1 Å². The highest BCUT2D eigenvalue weighted by Crippen LogP contribution is 2.48. The molecule has 0 N–H and O–H groups in total. The highest BCUT2D eigenvalue weighted by molar-refractivity contribution is 7.97. The predicted molar refractivity (Wildman–Crippen MR) is 137 cm³/mol. The van der Waals surface area contributed by atoms with Crippen molar-refractivity contribution in [2.45, 2.75) is 0 Å². The van der Waals surface area contributed by atoms with Crippen molar-refractivity contribution < 1.29 is 9.21 Å². The van der Waals surface area contributed by atoms with Crippen molar-refractivity contribution in [3.05, 3.63) is 138 Å². The summed E-state index contributed by atoms with van der Waals surface area (Å²) in [5, 5.41) is 6.24. The number of ketones is 1. The van der Waals surface area contributed by atoms with Gasteiger partial charge in [-0.1, -0.05) is 97.1 Å². The normalized spacial score (nSPS) is 11.2. The molecule has 0 aliphatic rings. The smallest absolute Gasteiger partial charge is 0.230 e. The van der Waals surface area contributed by atoms with Gasteiger partial charge in [0.1, 0.15) is 0 Å². The number of carbonyl (C=O) groups is 1. The summed E-state index contributed by atoms with van der Waals surface area (Å²) in [6, 6.07) is 38.9. The zero-order valence-corrected chi connectivity index (χ0v) is 19.0. The molecule has 32 heavy (non-hydrogen) atoms. The second-order valence-electron chi connectivity index (χ2n) is 7.31. The number of carbonyl (C=O) groups excluding carboxylic acids is 1. The van der Waals surface area contributed by atoms with E-state index < -0.39 is 6.89 Å². The number of thiophene rings is 1. The van der Waals surface area contributed by atoms with Crippen LogP contribution < -0.4 is 15.9 Å². The molecule has 5 rings (SSSR count). The molecule has 2 heterocycles. The van der Waals surface area contributed by atoms with Gasteiger partial charge in [-0.05, 0) is 46.4 Å². The maximum Gasteiger partial charge on any atom is 0.230 e. The summed E-state index contributed by atoms with van der Waals surface area (Å²) in [6.45, 7) is -2.53. The molecule has 0 atom stereocenters. The minimum atomic E-state index is -2.53. The zero-order valence-electron chi connectivity index (χ0n) is 17.3. The molecule has 0 aliphatic carbocycles. The fraction of sp³-hybridized carbons (Fsp3) is 0. The summed E-state index contributed by atoms with van der Waals surface area (Å²) in [4.78, 5) is 15.1. The van der Waals surface area contributed by atoms with Gasteiger partial charge < -0.3 is 4.42 Å². The molecule has 0 fully saturated rings. The fourth-order valence-corrected chi connectivity index (χ4v) is 9.74. The molecule has 4 heteroatoms. The Bertz CT molecular complexity index is 1250. The minimum absolute atomic E-state index is 0.0673. The Hall–Kier alpha value is -3.39. The second-order valence-corrected chi connectivity index (χ2v) is 11.6. The van der Waals surface area contributed by atoms with Crippen LogP contribution in [0.25, 0.3) is 0 Å². The third-order valence-electron chi connectivity index (χ3n) is 5.48. The van der Waals surface area contributed by atoms with Gasteiger partial charge in [0.25, 0.3) is 0 Å². The largest absolute Gasteiger partial charge is 0.461 e. The summed E-state index contributed by atoms with van der Waals surface area (Å²) in [5.74, 6) is 0.294. The van der Waals surface area contributed by atoms with Crippen LogP contribution in [0, 0.1) is 0 Å². The van der Waals surface area contributed by atoms with Gasteiger partial charge in [0.15, 0.2) is 5.76 Å². The average Bonchev–Trinajstić information content (AvgIpc) is 3.59. The summed E-state index contributed by atoms with van der Waals surface area (Å²) < 4.78 is 5.63. The van der Waals surface area contributed by atoms with Gasteiger partial charge in [-0.15, -0.1) is 11.3 Å². The van der Waals surface area contributed by atoms with Gasteiger partial charge in [0.2, 0.25) is 5.78 Å². The number of benzene rings is 3. The highest BCUT2D eigenvalue weighted by atomic mass is 32.1. The predicted octanol–water partition coefficient (Wildman–Crippen LogP) is 5.74. The van der Waals surface area contributed by atoms with Crippen molar-refractivity contribution in [1.29, 1.82) is 0 Å². The van der Waals surface area contributed by atoms with E-state index in [-0.39, 0.29) is 5.78 Å². The lowest BCUT2D eigenvalue weighted by atomic mass is 10.2. The van der Waals surface area contributed by atoms with Crippen LogP contribution in [0.2, 0.25) is 0 Å². The number of Topliss-reactive ketones (excluding diaryl/α,β-unsaturated/α-hetero) is 1. The first kappa shape index (κ1) is 20.5. The molecule has 5 aromatic rings. The maximum absolute atomic E-state index is 14.2. The van der Waals surface area contributed by atoms with Gasteiger partial charge >= 0.3 is 0 Å². The molecule has 0 aliphatic heterocycles. The van der Waals surface area contributed by atoms with Crippen LogP contribution in [-0.2, 0) is 0 Å². The Labute approximate surface area is 191 Å². The van der Waals surface area contributed by atoms with Crippen molar-refractivity contribution in [3.8, 4) is 0 Å². The highest BCUT2D eigenvalue weighted by Gasteiger charge is 2.35. The standard InChI is InChI=1S/C28H21O2PS/c29-27(25-18-10-20-30-25)28(26-19-11-21-32-26)31(22-12-4-1-5-13-22,23-14-6-2-7-15-23)24-16-8-3-9-17-24/h1-21H. The molecule has 2 aromatic heterocycles. The molecule has 156 valence electrons. The molecular formula is C28H21O2PS. The van der Waals surface area contributed by atoms with E-state index in [1.165, 1.54) is 0 Å². The maximum atomic E-state index is 14.2. The van der Waals surface area contributed by atoms with Gasteiger partial charge in [0, 0.05) is 4.88 Å². The Morgan fingerprint density at radius 3 is 1.56 bits per heavy atom. The van der Waals surface area contributed by atoms with Crippen LogP contribution in [0.4, 0.5) is 0 Å². The first-order valence-electron chi connectivity index (χ1n) is 10.4. The molecule has 0 saturated carbocycles. The Kier molecular flexibility index (Phi) is 5.77. The molecule has 0 unspecified atom stereocenters. The van der Waals surface area contributed by atoms with Gasteiger partial charge in [-0.25, -0.2) is 0 Å². The molecule has 0 radical (unpaired) electrons. The lowest BCUT2D eigenvalue weighted by Gasteiger charge is -2.32. The summed E-state index contributed by atoms with van der Waals surface area (Å²) in [5.41, 5.74) is 0. The first-order valence-corrected chi connectivity index (χ1v) is 13.0. The molecule has 2 nitrogen and oxygen atoms in total. The van der Waals surface area contributed by atoms with Crippen molar-refractivity contribution in [1.82, 2.24) is 0 Å². The second kappa shape index (κ2) is 9.00. The molecule has 3 aromatic carbocycles. The Morgan fingerprint density at radius 2 is 1.16 bits per heavy atom. The molecular weight excluding hydrogens is 431 g/mol. The third-order valence-corrected chi connectivity index (χ3v) is 10.9. The summed E-state index contributed by atoms with van der Waals surface area (Å²) in [7, 11) is 0. The Balaban J connectivity index is 2.05. The van der Waals surface area contributed by atoms with E-state index in [1.807, 2.05) is 35.7 Å². The van der Waals surface area contributed by atoms with Crippen molar-refractivity contribution >= 4 is 45.2 Å². The monoisotopic (exact) mass is 452 g/mol. The molecule has 0 saturated heterocycles. The quantitative estimate of drug-likeness (QED) is 0.243. The van der Waals surface area contributed by atoms with E-state index >= 15 is 0 Å². The first-order chi connectivity index (χ1) is 15.8. The molecule has 0 amide bonds. The minimum Gasteiger partial charge on any atom is -0.461 e. The number of hydrogen-bond donors (Lipinski definition) is 0. The van der Waals surface area contributed by atoms with Crippen LogP contribution in [0.15, 0.2) is 131 Å². The summed E-state index contributed by atoms with van der Waals surface area (Å²) >= 11 is 1.60. The van der Waals surface area contributed by atoms with Crippen molar-refractivity contribution in [2.24, 2.45) is 0 Å². The number of furan rings is 1. The SMILES string of the molecule is O=C(C(c1cccs1)=P(c1ccccc1)(c1ccccc1)c1ccccc1)c1ccco1. The average molecular weight is 453 g/mol. The van der Waals surface area contributed by atoms with E-state index in [9.17, 15) is 4.79 Å². The topological polar surface area (TPSA) is 30.2 Å². The van der Waals surface area contributed by atoms with E-state index in [2.05, 4.69) is 72.8 Å². The molecule has 0 bridgehead atoms. The van der Waals surface area contributed by atoms with E-state index in [4.69, 9.17) is 4.42 Å². The van der Waals surface area contributed by atoms with Crippen LogP contribution in [0.3, 0.4) is 0 Å². The van der Waals surface area contributed by atoms with Crippen LogP contribution in [0.5, 0.6) is 0 Å². The summed E-state index contributed by atoms with van der Waals surface area (Å²) in [6.07, 6.45) is 1.56. The van der Waals surface area contributed by atoms with Crippen molar-refractivity contribution in [2.75, 3.05) is 0 Å². The van der Waals surface area contributed by atoms with E-state index in [0.717, 1.165) is 26.1 Å².